The first-order chi connectivity index (χ1) is 11.8. The minimum absolute atomic E-state index is 0.287. The zero-order chi connectivity index (χ0) is 16.5. The molecule has 122 valence electrons. The van der Waals surface area contributed by atoms with Crippen LogP contribution in [-0.2, 0) is 17.6 Å². The van der Waals surface area contributed by atoms with Crippen LogP contribution in [-0.4, -0.2) is 22.8 Å². The summed E-state index contributed by atoms with van der Waals surface area (Å²) in [6.07, 6.45) is 3.48. The lowest BCUT2D eigenvalue weighted by Gasteiger charge is -2.14. The second-order valence-electron chi connectivity index (χ2n) is 5.48. The van der Waals surface area contributed by atoms with Gasteiger partial charge in [-0.05, 0) is 43.0 Å². The fourth-order valence-corrected chi connectivity index (χ4v) is 4.06. The van der Waals surface area contributed by atoms with Crippen molar-refractivity contribution in [3.63, 3.8) is 0 Å². The molecule has 0 atom stereocenters. The number of rotatable bonds is 4. The van der Waals surface area contributed by atoms with Crippen LogP contribution < -0.4 is 4.74 Å². The molecule has 0 bridgehead atoms. The van der Waals surface area contributed by atoms with Crippen molar-refractivity contribution in [1.82, 2.24) is 10.2 Å². The molecule has 0 saturated carbocycles. The number of aromatic amines is 1. The molecule has 0 aliphatic heterocycles. The Bertz CT molecular complexity index is 883. The zero-order valence-corrected chi connectivity index (χ0v) is 14.0. The molecule has 5 nitrogen and oxygen atoms in total. The summed E-state index contributed by atoms with van der Waals surface area (Å²) in [4.78, 5) is 13.0. The van der Waals surface area contributed by atoms with E-state index in [9.17, 15) is 4.79 Å². The number of hydrogen-bond acceptors (Lipinski definition) is 5. The molecule has 0 fully saturated rings. The molecule has 0 radical (unpaired) electrons. The van der Waals surface area contributed by atoms with Gasteiger partial charge in [-0.2, -0.15) is 5.10 Å². The van der Waals surface area contributed by atoms with Gasteiger partial charge in [0, 0.05) is 0 Å². The Morgan fingerprint density at radius 3 is 2.92 bits per heavy atom. The van der Waals surface area contributed by atoms with E-state index < -0.39 is 0 Å². The number of carbonyl (C=O) groups is 1. The molecule has 1 aliphatic rings. The predicted octanol–water partition coefficient (Wildman–Crippen LogP) is 4.21. The monoisotopic (exact) mass is 340 g/mol. The van der Waals surface area contributed by atoms with Crippen LogP contribution in [0.1, 0.15) is 27.7 Å². The van der Waals surface area contributed by atoms with Gasteiger partial charge in [-0.25, -0.2) is 4.79 Å². The quantitative estimate of drug-likeness (QED) is 0.723. The molecular weight excluding hydrogens is 324 g/mol. The molecule has 0 amide bonds. The number of carbonyl (C=O) groups excluding carboxylic acids is 1. The summed E-state index contributed by atoms with van der Waals surface area (Å²) in [6, 6.07) is 9.57. The van der Waals surface area contributed by atoms with Crippen LogP contribution in [0.4, 0.5) is 0 Å². The minimum atomic E-state index is -0.287. The van der Waals surface area contributed by atoms with Crippen LogP contribution in [0.5, 0.6) is 10.8 Å². The van der Waals surface area contributed by atoms with Gasteiger partial charge < -0.3 is 9.47 Å². The Labute approximate surface area is 143 Å². The van der Waals surface area contributed by atoms with Crippen molar-refractivity contribution < 1.29 is 14.3 Å². The van der Waals surface area contributed by atoms with E-state index in [1.165, 1.54) is 11.3 Å². The zero-order valence-electron chi connectivity index (χ0n) is 13.2. The lowest BCUT2D eigenvalue weighted by Crippen LogP contribution is -2.08. The molecule has 4 rings (SSSR count). The average Bonchev–Trinajstić information content (AvgIpc) is 3.20. The highest BCUT2D eigenvalue weighted by molar-refractivity contribution is 7.16. The van der Waals surface area contributed by atoms with Gasteiger partial charge >= 0.3 is 5.97 Å². The number of para-hydroxylation sites is 1. The van der Waals surface area contributed by atoms with Crippen molar-refractivity contribution in [2.75, 3.05) is 6.61 Å². The molecule has 1 N–H and O–H groups in total. The number of thiophene rings is 1. The first kappa shape index (κ1) is 15.0. The second kappa shape index (κ2) is 6.13. The number of H-pyrrole nitrogens is 1. The Balaban J connectivity index is 1.83. The van der Waals surface area contributed by atoms with Gasteiger partial charge in [0.2, 0.25) is 0 Å². The highest BCUT2D eigenvalue weighted by Crippen LogP contribution is 2.48. The molecule has 2 heterocycles. The lowest BCUT2D eigenvalue weighted by molar-refractivity contribution is 0.0531. The van der Waals surface area contributed by atoms with Crippen molar-refractivity contribution in [2.24, 2.45) is 0 Å². The highest BCUT2D eigenvalue weighted by Gasteiger charge is 2.31. The molecule has 24 heavy (non-hydrogen) atoms. The van der Waals surface area contributed by atoms with Gasteiger partial charge in [0.1, 0.15) is 10.6 Å². The third-order valence-electron chi connectivity index (χ3n) is 4.00. The standard InChI is InChI=1S/C18H16N2O3S/c1-2-22-17(21)16-13-9-8-11-10-19-20-15(11)14(13)18(24-16)23-12-6-4-3-5-7-12/h3-7,10H,2,8-9H2,1H3,(H,19,20). The smallest absolute Gasteiger partial charge is 0.348 e. The molecule has 2 aromatic heterocycles. The van der Waals surface area contributed by atoms with E-state index in [-0.39, 0.29) is 5.97 Å². The molecule has 0 unspecified atom stereocenters. The van der Waals surface area contributed by atoms with Gasteiger partial charge in [-0.3, -0.25) is 5.10 Å². The third-order valence-corrected chi connectivity index (χ3v) is 5.09. The highest BCUT2D eigenvalue weighted by atomic mass is 32.1. The third kappa shape index (κ3) is 2.49. The number of aromatic nitrogens is 2. The van der Waals surface area contributed by atoms with Gasteiger partial charge in [0.15, 0.2) is 5.06 Å². The summed E-state index contributed by atoms with van der Waals surface area (Å²) in [7, 11) is 0. The molecule has 1 aliphatic carbocycles. The molecule has 6 heteroatoms. The number of nitrogens with one attached hydrogen (secondary N) is 1. The summed E-state index contributed by atoms with van der Waals surface area (Å²) < 4.78 is 11.3. The maximum absolute atomic E-state index is 12.3. The maximum Gasteiger partial charge on any atom is 0.348 e. The Hall–Kier alpha value is -2.60. The van der Waals surface area contributed by atoms with E-state index in [0.717, 1.165) is 41.0 Å². The average molecular weight is 340 g/mol. The van der Waals surface area contributed by atoms with Crippen LogP contribution in [0, 0.1) is 0 Å². The van der Waals surface area contributed by atoms with E-state index in [4.69, 9.17) is 9.47 Å². The van der Waals surface area contributed by atoms with Gasteiger partial charge in [0.25, 0.3) is 0 Å². The number of benzene rings is 1. The van der Waals surface area contributed by atoms with Gasteiger partial charge in [-0.1, -0.05) is 29.5 Å². The van der Waals surface area contributed by atoms with Crippen LogP contribution in [0.15, 0.2) is 36.5 Å². The first-order valence-electron chi connectivity index (χ1n) is 7.86. The summed E-state index contributed by atoms with van der Waals surface area (Å²) in [5.41, 5.74) is 4.01. The number of esters is 1. The van der Waals surface area contributed by atoms with Crippen molar-refractivity contribution in [3.05, 3.63) is 52.5 Å². The number of ether oxygens (including phenoxy) is 2. The molecule has 0 saturated heterocycles. The Morgan fingerprint density at radius 2 is 2.12 bits per heavy atom. The number of aryl methyl sites for hydroxylation is 1. The SMILES string of the molecule is CCOC(=O)c1sc(Oc2ccccc2)c2c1CCc1cn[nH]c1-2. The summed E-state index contributed by atoms with van der Waals surface area (Å²) >= 11 is 1.34. The number of fused-ring (bicyclic) bond motifs is 3. The Morgan fingerprint density at radius 1 is 1.29 bits per heavy atom. The molecule has 0 spiro atoms. The fourth-order valence-electron chi connectivity index (χ4n) is 2.94. The van der Waals surface area contributed by atoms with Gasteiger partial charge in [0.05, 0.1) is 24.1 Å². The van der Waals surface area contributed by atoms with Crippen molar-refractivity contribution >= 4 is 17.3 Å². The van der Waals surface area contributed by atoms with E-state index >= 15 is 0 Å². The van der Waals surface area contributed by atoms with Crippen molar-refractivity contribution in [3.8, 4) is 22.1 Å². The molecule has 1 aromatic carbocycles. The summed E-state index contributed by atoms with van der Waals surface area (Å²) in [5, 5.41) is 7.90. The van der Waals surface area contributed by atoms with E-state index in [1.807, 2.05) is 43.5 Å². The normalized spacial score (nSPS) is 12.4. The first-order valence-corrected chi connectivity index (χ1v) is 8.68. The van der Waals surface area contributed by atoms with E-state index in [0.29, 0.717) is 16.5 Å². The largest absolute Gasteiger partial charge is 0.462 e. The van der Waals surface area contributed by atoms with Crippen molar-refractivity contribution in [1.29, 1.82) is 0 Å². The van der Waals surface area contributed by atoms with Crippen LogP contribution in [0.3, 0.4) is 0 Å². The van der Waals surface area contributed by atoms with Gasteiger partial charge in [-0.15, -0.1) is 0 Å². The second-order valence-corrected chi connectivity index (χ2v) is 6.46. The maximum atomic E-state index is 12.3. The lowest BCUT2D eigenvalue weighted by atomic mass is 9.92. The number of nitrogens with zero attached hydrogens (tertiary/aromatic N) is 1. The Kier molecular flexibility index (Phi) is 3.82. The van der Waals surface area contributed by atoms with Crippen LogP contribution >= 0.6 is 11.3 Å². The topological polar surface area (TPSA) is 64.2 Å². The molecular formula is C18H16N2O3S. The minimum Gasteiger partial charge on any atom is -0.462 e. The predicted molar refractivity (Wildman–Crippen MR) is 91.8 cm³/mol. The molecule has 3 aromatic rings. The summed E-state index contributed by atoms with van der Waals surface area (Å²) in [5.74, 6) is 0.452. The van der Waals surface area contributed by atoms with E-state index in [1.54, 1.807) is 0 Å². The fraction of sp³-hybridized carbons (Fsp3) is 0.222. The number of hydrogen-bond donors (Lipinski definition) is 1. The summed E-state index contributed by atoms with van der Waals surface area (Å²) in [6.45, 7) is 2.17. The van der Waals surface area contributed by atoms with E-state index in [2.05, 4.69) is 10.2 Å². The van der Waals surface area contributed by atoms with Crippen LogP contribution in [0.25, 0.3) is 11.3 Å². The van der Waals surface area contributed by atoms with Crippen LogP contribution in [0.2, 0.25) is 0 Å². The van der Waals surface area contributed by atoms with Crippen molar-refractivity contribution in [2.45, 2.75) is 19.8 Å².